The molecule has 0 unspecified atom stereocenters. The second-order valence-corrected chi connectivity index (χ2v) is 4.61. The molecule has 0 bridgehead atoms. The maximum absolute atomic E-state index is 5.67. The first kappa shape index (κ1) is 11.8. The Morgan fingerprint density at radius 3 is 2.82 bits per heavy atom. The van der Waals surface area contributed by atoms with E-state index in [0.717, 1.165) is 5.56 Å². The van der Waals surface area contributed by atoms with Crippen molar-refractivity contribution in [2.24, 2.45) is 7.05 Å². The summed E-state index contributed by atoms with van der Waals surface area (Å²) in [6.45, 7) is 0.684. The molecule has 2 heterocycles. The van der Waals surface area contributed by atoms with Gasteiger partial charge in [0, 0.05) is 38.5 Å². The molecule has 90 valence electrons. The third kappa shape index (κ3) is 2.94. The fraction of sp³-hybridized carbons (Fsp3) is 0.300. The molecule has 0 aromatic carbocycles. The van der Waals surface area contributed by atoms with Crippen molar-refractivity contribution >= 4 is 27.7 Å². The van der Waals surface area contributed by atoms with Crippen molar-refractivity contribution in [2.75, 3.05) is 17.7 Å². The van der Waals surface area contributed by atoms with Gasteiger partial charge in [0.25, 0.3) is 0 Å². The van der Waals surface area contributed by atoms with Crippen molar-refractivity contribution in [1.29, 1.82) is 0 Å². The molecule has 0 atom stereocenters. The molecule has 0 aliphatic carbocycles. The molecule has 2 rings (SSSR count). The summed E-state index contributed by atoms with van der Waals surface area (Å²) in [5.74, 6) is 1.03. The number of rotatable bonds is 3. The van der Waals surface area contributed by atoms with Crippen LogP contribution < -0.4 is 10.6 Å². The predicted molar refractivity (Wildman–Crippen MR) is 69.5 cm³/mol. The molecular weight excluding hydrogens is 284 g/mol. The molecule has 0 aliphatic heterocycles. The monoisotopic (exact) mass is 296 g/mol. The molecule has 0 saturated heterocycles. The predicted octanol–water partition coefficient (Wildman–Crippen LogP) is 1.19. The summed E-state index contributed by atoms with van der Waals surface area (Å²) in [4.78, 5) is 10.3. The van der Waals surface area contributed by atoms with Crippen LogP contribution in [0.1, 0.15) is 5.56 Å². The van der Waals surface area contributed by atoms with Crippen LogP contribution in [0.5, 0.6) is 0 Å². The van der Waals surface area contributed by atoms with Crippen molar-refractivity contribution in [3.05, 3.63) is 28.6 Å². The Kier molecular flexibility index (Phi) is 3.28. The lowest BCUT2D eigenvalue weighted by atomic mass is 10.3. The van der Waals surface area contributed by atoms with Crippen LogP contribution in [0.3, 0.4) is 0 Å². The molecule has 6 nitrogen and oxygen atoms in total. The molecule has 0 radical (unpaired) electrons. The third-order valence-corrected chi connectivity index (χ3v) is 2.63. The van der Waals surface area contributed by atoms with Gasteiger partial charge in [-0.1, -0.05) is 0 Å². The van der Waals surface area contributed by atoms with Crippen LogP contribution in [0, 0.1) is 0 Å². The van der Waals surface area contributed by atoms with Gasteiger partial charge in [-0.3, -0.25) is 4.68 Å². The quantitative estimate of drug-likeness (QED) is 0.862. The minimum Gasteiger partial charge on any atom is -0.383 e. The van der Waals surface area contributed by atoms with Crippen LogP contribution in [-0.2, 0) is 13.6 Å². The van der Waals surface area contributed by atoms with Crippen LogP contribution in [0.4, 0.5) is 11.8 Å². The first-order valence-corrected chi connectivity index (χ1v) is 5.82. The van der Waals surface area contributed by atoms with E-state index < -0.39 is 0 Å². The van der Waals surface area contributed by atoms with Crippen molar-refractivity contribution in [3.63, 3.8) is 0 Å². The highest BCUT2D eigenvalue weighted by molar-refractivity contribution is 9.10. The average molecular weight is 297 g/mol. The highest BCUT2D eigenvalue weighted by atomic mass is 79.9. The van der Waals surface area contributed by atoms with Crippen LogP contribution in [0.2, 0.25) is 0 Å². The maximum Gasteiger partial charge on any atom is 0.228 e. The Balaban J connectivity index is 2.16. The van der Waals surface area contributed by atoms with E-state index in [9.17, 15) is 0 Å². The number of anilines is 2. The number of aryl methyl sites for hydroxylation is 1. The SMILES string of the molecule is CN(Cc1cnn(C)c1)c1nc(N)cc(Br)n1. The van der Waals surface area contributed by atoms with Gasteiger partial charge in [-0.15, -0.1) is 0 Å². The molecular formula is C10H13BrN6. The first-order chi connectivity index (χ1) is 8.04. The van der Waals surface area contributed by atoms with E-state index in [2.05, 4.69) is 31.0 Å². The molecule has 0 fully saturated rings. The van der Waals surface area contributed by atoms with Crippen molar-refractivity contribution in [2.45, 2.75) is 6.54 Å². The second kappa shape index (κ2) is 4.70. The summed E-state index contributed by atoms with van der Waals surface area (Å²) in [6, 6.07) is 1.67. The van der Waals surface area contributed by atoms with Crippen molar-refractivity contribution < 1.29 is 0 Å². The summed E-state index contributed by atoms with van der Waals surface area (Å²) < 4.78 is 2.44. The van der Waals surface area contributed by atoms with E-state index in [1.54, 1.807) is 10.7 Å². The molecule has 17 heavy (non-hydrogen) atoms. The van der Waals surface area contributed by atoms with Crippen LogP contribution >= 0.6 is 15.9 Å². The van der Waals surface area contributed by atoms with Gasteiger partial charge in [-0.2, -0.15) is 10.1 Å². The number of nitrogens with zero attached hydrogens (tertiary/aromatic N) is 5. The molecule has 2 aromatic rings. The minimum absolute atomic E-state index is 0.444. The summed E-state index contributed by atoms with van der Waals surface area (Å²) in [5.41, 5.74) is 6.77. The average Bonchev–Trinajstić information content (AvgIpc) is 2.62. The number of halogens is 1. The maximum atomic E-state index is 5.67. The highest BCUT2D eigenvalue weighted by Gasteiger charge is 2.08. The topological polar surface area (TPSA) is 72.9 Å². The number of hydrogen-bond acceptors (Lipinski definition) is 5. The number of hydrogen-bond donors (Lipinski definition) is 1. The van der Waals surface area contributed by atoms with E-state index >= 15 is 0 Å². The molecule has 0 spiro atoms. The van der Waals surface area contributed by atoms with Crippen LogP contribution in [0.25, 0.3) is 0 Å². The molecule has 2 aromatic heterocycles. The van der Waals surface area contributed by atoms with Gasteiger partial charge in [-0.05, 0) is 15.9 Å². The minimum atomic E-state index is 0.444. The number of nitrogens with two attached hydrogens (primary N) is 1. The summed E-state index contributed by atoms with van der Waals surface area (Å²) in [6.07, 6.45) is 3.77. The Labute approximate surface area is 108 Å². The van der Waals surface area contributed by atoms with Gasteiger partial charge < -0.3 is 10.6 Å². The standard InChI is InChI=1S/C10H13BrN6/c1-16(5-7-4-13-17(2)6-7)10-14-8(11)3-9(12)15-10/h3-4,6H,5H2,1-2H3,(H2,12,14,15). The summed E-state index contributed by atoms with van der Waals surface area (Å²) in [5, 5.41) is 4.11. The summed E-state index contributed by atoms with van der Waals surface area (Å²) in [7, 11) is 3.80. The number of aromatic nitrogens is 4. The number of nitrogen functional groups attached to an aromatic ring is 1. The zero-order valence-electron chi connectivity index (χ0n) is 9.63. The smallest absolute Gasteiger partial charge is 0.228 e. The van der Waals surface area contributed by atoms with E-state index in [0.29, 0.717) is 22.9 Å². The lowest BCUT2D eigenvalue weighted by Crippen LogP contribution is -2.19. The van der Waals surface area contributed by atoms with Gasteiger partial charge in [-0.25, -0.2) is 4.98 Å². The van der Waals surface area contributed by atoms with Crippen molar-refractivity contribution in [3.8, 4) is 0 Å². The van der Waals surface area contributed by atoms with Crippen LogP contribution in [0.15, 0.2) is 23.1 Å². The van der Waals surface area contributed by atoms with Gasteiger partial charge in [0.1, 0.15) is 10.4 Å². The molecule has 7 heteroatoms. The van der Waals surface area contributed by atoms with Gasteiger partial charge >= 0.3 is 0 Å². The Morgan fingerprint density at radius 1 is 1.47 bits per heavy atom. The van der Waals surface area contributed by atoms with Gasteiger partial charge in [0.05, 0.1) is 6.20 Å². The normalized spacial score (nSPS) is 10.5. The van der Waals surface area contributed by atoms with E-state index in [-0.39, 0.29) is 0 Å². The summed E-state index contributed by atoms with van der Waals surface area (Å²) >= 11 is 3.30. The lowest BCUT2D eigenvalue weighted by molar-refractivity contribution is 0.766. The molecule has 2 N–H and O–H groups in total. The van der Waals surface area contributed by atoms with Crippen LogP contribution in [-0.4, -0.2) is 26.8 Å². The molecule has 0 amide bonds. The zero-order valence-corrected chi connectivity index (χ0v) is 11.2. The first-order valence-electron chi connectivity index (χ1n) is 5.03. The fourth-order valence-corrected chi connectivity index (χ4v) is 1.88. The second-order valence-electron chi connectivity index (χ2n) is 3.79. The van der Waals surface area contributed by atoms with E-state index in [1.165, 1.54) is 0 Å². The third-order valence-electron chi connectivity index (χ3n) is 2.22. The fourth-order valence-electron chi connectivity index (χ4n) is 1.49. The Hall–Kier alpha value is -1.63. The van der Waals surface area contributed by atoms with Gasteiger partial charge in [0.15, 0.2) is 0 Å². The molecule has 0 saturated carbocycles. The lowest BCUT2D eigenvalue weighted by Gasteiger charge is -2.16. The Bertz CT molecular complexity index is 503. The molecule has 0 aliphatic rings. The van der Waals surface area contributed by atoms with Gasteiger partial charge in [0.2, 0.25) is 5.95 Å². The largest absolute Gasteiger partial charge is 0.383 e. The van der Waals surface area contributed by atoms with E-state index in [1.807, 2.05) is 31.4 Å². The van der Waals surface area contributed by atoms with Crippen molar-refractivity contribution in [1.82, 2.24) is 19.7 Å². The zero-order chi connectivity index (χ0) is 12.4. The Morgan fingerprint density at radius 2 is 2.24 bits per heavy atom. The highest BCUT2D eigenvalue weighted by Crippen LogP contribution is 2.16. The van der Waals surface area contributed by atoms with E-state index in [4.69, 9.17) is 5.73 Å².